The van der Waals surface area contributed by atoms with Crippen LogP contribution in [0.1, 0.15) is 25.0 Å². The largest absolute Gasteiger partial charge is 0.444 e. The molecule has 3 aromatic carbocycles. The summed E-state index contributed by atoms with van der Waals surface area (Å²) in [5.41, 5.74) is 0.631. The average Bonchev–Trinajstić information content (AvgIpc) is 3.12. The molecule has 0 aliphatic carbocycles. The number of rotatable bonds is 4. The van der Waals surface area contributed by atoms with Crippen molar-refractivity contribution < 1.29 is 27.7 Å². The fraction of sp³-hybridized carbons (Fsp3) is 0.250. The third-order valence-corrected chi connectivity index (χ3v) is 6.25. The van der Waals surface area contributed by atoms with E-state index in [9.17, 15) is 8.78 Å². The zero-order valence-corrected chi connectivity index (χ0v) is 21.3. The summed E-state index contributed by atoms with van der Waals surface area (Å²) in [5, 5.41) is 0.683. The number of ether oxygens (including phenoxy) is 4. The maximum atomic E-state index is 14.0. The molecule has 0 radical (unpaired) electrons. The summed E-state index contributed by atoms with van der Waals surface area (Å²) in [7, 11) is 2.91. The number of hydrogen-bond donors (Lipinski definition) is 0. The van der Waals surface area contributed by atoms with E-state index in [-0.39, 0.29) is 0 Å². The van der Waals surface area contributed by atoms with Crippen LogP contribution in [0.25, 0.3) is 0 Å². The van der Waals surface area contributed by atoms with E-state index in [2.05, 4.69) is 15.9 Å². The lowest BCUT2D eigenvalue weighted by Gasteiger charge is -2.27. The van der Waals surface area contributed by atoms with Gasteiger partial charge in [-0.05, 0) is 71.4 Å². The molecule has 9 heteroatoms. The highest BCUT2D eigenvalue weighted by molar-refractivity contribution is 9.10. The molecule has 3 aromatic rings. The van der Waals surface area contributed by atoms with E-state index in [0.717, 1.165) is 4.47 Å². The Morgan fingerprint density at radius 1 is 0.909 bits per heavy atom. The van der Waals surface area contributed by atoms with Gasteiger partial charge in [-0.3, -0.25) is 0 Å². The lowest BCUT2D eigenvalue weighted by molar-refractivity contribution is -0.203. The van der Waals surface area contributed by atoms with Crippen molar-refractivity contribution >= 4 is 39.1 Å². The summed E-state index contributed by atoms with van der Waals surface area (Å²) >= 11 is 14.8. The third-order valence-electron chi connectivity index (χ3n) is 5.15. The standard InChI is InChI=1S/C14H9BrClFO2.C10H12ClFO2/c1-14(9-6-5-8(16)7-11(9)17)18-12-4-2-3-10(15)13(12)19-14;1-10(13-2,14-3)8-5-4-7(11)6-9(8)12/h2-7H,1H3;4-6H,1-3H3. The van der Waals surface area contributed by atoms with Crippen LogP contribution < -0.4 is 9.47 Å². The zero-order chi connectivity index (χ0) is 24.4. The molecule has 1 unspecified atom stereocenters. The number of halogens is 5. The molecule has 33 heavy (non-hydrogen) atoms. The quantitative estimate of drug-likeness (QED) is 0.304. The number of hydrogen-bond acceptors (Lipinski definition) is 4. The van der Waals surface area contributed by atoms with Gasteiger partial charge in [0.05, 0.1) is 10.0 Å². The third kappa shape index (κ3) is 5.44. The first-order valence-electron chi connectivity index (χ1n) is 9.71. The van der Waals surface area contributed by atoms with Crippen molar-refractivity contribution in [1.82, 2.24) is 0 Å². The molecule has 1 heterocycles. The van der Waals surface area contributed by atoms with E-state index in [0.29, 0.717) is 32.7 Å². The Bertz CT molecular complexity index is 1160. The van der Waals surface area contributed by atoms with Crippen LogP contribution >= 0.6 is 39.1 Å². The fourth-order valence-corrected chi connectivity index (χ4v) is 3.97. The molecule has 4 rings (SSSR count). The van der Waals surface area contributed by atoms with Crippen LogP contribution in [-0.2, 0) is 21.0 Å². The van der Waals surface area contributed by atoms with E-state index in [1.165, 1.54) is 26.4 Å². The molecule has 1 aliphatic heterocycles. The highest BCUT2D eigenvalue weighted by atomic mass is 79.9. The number of fused-ring (bicyclic) bond motifs is 1. The van der Waals surface area contributed by atoms with Crippen molar-refractivity contribution in [1.29, 1.82) is 0 Å². The van der Waals surface area contributed by atoms with E-state index >= 15 is 0 Å². The molecular formula is C24H21BrCl2F2O4. The van der Waals surface area contributed by atoms with Crippen LogP contribution in [0.2, 0.25) is 10.0 Å². The van der Waals surface area contributed by atoms with Gasteiger partial charge in [-0.2, -0.15) is 0 Å². The normalized spacial score (nSPS) is 16.9. The van der Waals surface area contributed by atoms with Crippen LogP contribution in [0.15, 0.2) is 59.1 Å². The molecular weight excluding hydrogens is 541 g/mol. The maximum Gasteiger partial charge on any atom is 0.278 e. The molecule has 0 saturated heterocycles. The Kier molecular flexibility index (Phi) is 7.91. The van der Waals surface area contributed by atoms with Gasteiger partial charge in [0.1, 0.15) is 11.6 Å². The van der Waals surface area contributed by atoms with Gasteiger partial charge in [-0.15, -0.1) is 0 Å². The predicted octanol–water partition coefficient (Wildman–Crippen LogP) is 7.83. The molecule has 0 fully saturated rings. The first-order valence-corrected chi connectivity index (χ1v) is 11.3. The van der Waals surface area contributed by atoms with Crippen molar-refractivity contribution in [3.63, 3.8) is 0 Å². The minimum absolute atomic E-state index is 0.306. The van der Waals surface area contributed by atoms with Crippen LogP contribution in [0.5, 0.6) is 11.5 Å². The van der Waals surface area contributed by atoms with Crippen molar-refractivity contribution in [2.24, 2.45) is 0 Å². The van der Waals surface area contributed by atoms with Crippen molar-refractivity contribution in [2.75, 3.05) is 14.2 Å². The van der Waals surface area contributed by atoms with Crippen LogP contribution in [0.3, 0.4) is 0 Å². The minimum atomic E-state index is -1.19. The molecule has 1 atom stereocenters. The van der Waals surface area contributed by atoms with Gasteiger partial charge in [0.15, 0.2) is 17.3 Å². The monoisotopic (exact) mass is 560 g/mol. The van der Waals surface area contributed by atoms with Crippen LogP contribution in [0, 0.1) is 11.6 Å². The Morgan fingerprint density at radius 3 is 2.06 bits per heavy atom. The van der Waals surface area contributed by atoms with E-state index in [1.807, 2.05) is 12.1 Å². The summed E-state index contributed by atoms with van der Waals surface area (Å²) < 4.78 is 50.0. The molecule has 1 aliphatic rings. The first kappa shape index (κ1) is 25.7. The van der Waals surface area contributed by atoms with Gasteiger partial charge >= 0.3 is 0 Å². The fourth-order valence-electron chi connectivity index (χ4n) is 3.22. The summed E-state index contributed by atoms with van der Waals surface area (Å²) in [5.74, 6) is -2.02. The molecule has 0 saturated carbocycles. The highest BCUT2D eigenvalue weighted by Gasteiger charge is 2.41. The second kappa shape index (κ2) is 10.2. The van der Waals surface area contributed by atoms with Crippen molar-refractivity contribution in [3.05, 3.63) is 91.9 Å². The molecule has 0 amide bonds. The summed E-state index contributed by atoms with van der Waals surface area (Å²) in [6, 6.07) is 14.2. The second-order valence-corrected chi connectivity index (χ2v) is 9.05. The Labute approximate surface area is 209 Å². The Morgan fingerprint density at radius 2 is 1.52 bits per heavy atom. The maximum absolute atomic E-state index is 14.0. The van der Waals surface area contributed by atoms with Gasteiger partial charge < -0.3 is 18.9 Å². The minimum Gasteiger partial charge on any atom is -0.444 e. The van der Waals surface area contributed by atoms with Gasteiger partial charge in [0.25, 0.3) is 5.79 Å². The van der Waals surface area contributed by atoms with Crippen molar-refractivity contribution in [3.8, 4) is 11.5 Å². The Hall–Kier alpha value is -1.90. The van der Waals surface area contributed by atoms with Gasteiger partial charge in [-0.25, -0.2) is 8.78 Å². The van der Waals surface area contributed by atoms with Gasteiger partial charge in [0, 0.05) is 36.8 Å². The summed E-state index contributed by atoms with van der Waals surface area (Å²) in [4.78, 5) is 0. The zero-order valence-electron chi connectivity index (χ0n) is 18.2. The number of para-hydroxylation sites is 1. The van der Waals surface area contributed by atoms with E-state index in [4.69, 9.17) is 42.1 Å². The van der Waals surface area contributed by atoms with Gasteiger partial charge in [-0.1, -0.05) is 29.3 Å². The SMILES string of the molecule is CC1(c2ccc(Cl)cc2F)Oc2cccc(Br)c2O1.COC(C)(OC)c1ccc(Cl)cc1F. The second-order valence-electron chi connectivity index (χ2n) is 7.32. The molecule has 4 nitrogen and oxygen atoms in total. The lowest BCUT2D eigenvalue weighted by atomic mass is 10.1. The van der Waals surface area contributed by atoms with E-state index < -0.39 is 23.2 Å². The Balaban J connectivity index is 0.000000196. The molecule has 0 bridgehead atoms. The average molecular weight is 562 g/mol. The number of benzene rings is 3. The first-order chi connectivity index (χ1) is 15.5. The summed E-state index contributed by atoms with van der Waals surface area (Å²) in [6.07, 6.45) is 0. The number of methoxy groups -OCH3 is 2. The topological polar surface area (TPSA) is 36.9 Å². The molecule has 0 aromatic heterocycles. The highest BCUT2D eigenvalue weighted by Crippen LogP contribution is 2.48. The molecule has 176 valence electrons. The van der Waals surface area contributed by atoms with Crippen LogP contribution in [-0.4, -0.2) is 14.2 Å². The smallest absolute Gasteiger partial charge is 0.278 e. The van der Waals surface area contributed by atoms with E-state index in [1.54, 1.807) is 44.2 Å². The molecule has 0 spiro atoms. The van der Waals surface area contributed by atoms with Gasteiger partial charge in [0.2, 0.25) is 0 Å². The molecule has 0 N–H and O–H groups in total. The van der Waals surface area contributed by atoms with Crippen LogP contribution in [0.4, 0.5) is 8.78 Å². The summed E-state index contributed by atoms with van der Waals surface area (Å²) in [6.45, 7) is 3.31. The van der Waals surface area contributed by atoms with Crippen molar-refractivity contribution in [2.45, 2.75) is 25.4 Å². The predicted molar refractivity (Wildman–Crippen MR) is 127 cm³/mol. The lowest BCUT2D eigenvalue weighted by Crippen LogP contribution is -2.32.